The molecule has 138 valence electrons. The standard InChI is InChI=1S/C21H21N3O3/c1-13-6-9-15(10-7-13)22-19(25)12-18-23-21(27-24-18)17-11-8-14-4-2-3-5-16(14)20(17)26/h6-11,26H,2-5,12H2,1H3,(H,22,25). The van der Waals surface area contributed by atoms with Crippen LogP contribution in [0.2, 0.25) is 0 Å². The number of rotatable bonds is 4. The predicted molar refractivity (Wildman–Crippen MR) is 102 cm³/mol. The van der Waals surface area contributed by atoms with Gasteiger partial charge in [-0.2, -0.15) is 4.98 Å². The highest BCUT2D eigenvalue weighted by Crippen LogP contribution is 2.36. The summed E-state index contributed by atoms with van der Waals surface area (Å²) in [5, 5.41) is 17.3. The maximum Gasteiger partial charge on any atom is 0.261 e. The summed E-state index contributed by atoms with van der Waals surface area (Å²) < 4.78 is 5.29. The number of aryl methyl sites for hydroxylation is 2. The molecule has 0 saturated carbocycles. The summed E-state index contributed by atoms with van der Waals surface area (Å²) in [5.41, 5.74) is 4.52. The Balaban J connectivity index is 1.49. The molecule has 6 nitrogen and oxygen atoms in total. The fourth-order valence-electron chi connectivity index (χ4n) is 3.40. The van der Waals surface area contributed by atoms with E-state index in [4.69, 9.17) is 4.52 Å². The van der Waals surface area contributed by atoms with Crippen molar-refractivity contribution in [1.82, 2.24) is 10.1 Å². The molecule has 0 atom stereocenters. The molecule has 3 aromatic rings. The van der Waals surface area contributed by atoms with Gasteiger partial charge < -0.3 is 14.9 Å². The summed E-state index contributed by atoms with van der Waals surface area (Å²) in [6.07, 6.45) is 4.06. The van der Waals surface area contributed by atoms with E-state index in [0.717, 1.165) is 42.5 Å². The number of anilines is 1. The van der Waals surface area contributed by atoms with Crippen LogP contribution in [0.4, 0.5) is 5.69 Å². The van der Waals surface area contributed by atoms with E-state index in [1.54, 1.807) is 0 Å². The number of aromatic nitrogens is 2. The first-order chi connectivity index (χ1) is 13.1. The number of benzene rings is 2. The van der Waals surface area contributed by atoms with Gasteiger partial charge in [0.15, 0.2) is 5.82 Å². The van der Waals surface area contributed by atoms with Crippen LogP contribution >= 0.6 is 0 Å². The lowest BCUT2D eigenvalue weighted by Crippen LogP contribution is -2.15. The third-order valence-electron chi connectivity index (χ3n) is 4.86. The summed E-state index contributed by atoms with van der Waals surface area (Å²) in [6, 6.07) is 11.4. The molecule has 0 unspecified atom stereocenters. The van der Waals surface area contributed by atoms with E-state index in [9.17, 15) is 9.90 Å². The Bertz CT molecular complexity index is 977. The topological polar surface area (TPSA) is 88.2 Å². The second-order valence-electron chi connectivity index (χ2n) is 6.91. The zero-order valence-electron chi connectivity index (χ0n) is 15.2. The zero-order valence-corrected chi connectivity index (χ0v) is 15.2. The number of nitrogens with zero attached hydrogens (tertiary/aromatic N) is 2. The van der Waals surface area contributed by atoms with Crippen molar-refractivity contribution >= 4 is 11.6 Å². The Morgan fingerprint density at radius 1 is 1.15 bits per heavy atom. The first kappa shape index (κ1) is 17.3. The Kier molecular flexibility index (Phi) is 4.62. The highest BCUT2D eigenvalue weighted by Gasteiger charge is 2.20. The van der Waals surface area contributed by atoms with Crippen molar-refractivity contribution in [3.63, 3.8) is 0 Å². The van der Waals surface area contributed by atoms with Crippen LogP contribution in [0.25, 0.3) is 11.5 Å². The van der Waals surface area contributed by atoms with E-state index < -0.39 is 0 Å². The van der Waals surface area contributed by atoms with Crippen LogP contribution in [0.5, 0.6) is 5.75 Å². The van der Waals surface area contributed by atoms with Gasteiger partial charge in [-0.25, -0.2) is 0 Å². The molecule has 1 amide bonds. The summed E-state index contributed by atoms with van der Waals surface area (Å²) in [5.74, 6) is 0.512. The van der Waals surface area contributed by atoms with E-state index in [2.05, 4.69) is 15.5 Å². The summed E-state index contributed by atoms with van der Waals surface area (Å²) in [6.45, 7) is 1.99. The van der Waals surface area contributed by atoms with Gasteiger partial charge in [0.25, 0.3) is 5.89 Å². The molecule has 0 aliphatic heterocycles. The van der Waals surface area contributed by atoms with Gasteiger partial charge in [-0.1, -0.05) is 28.9 Å². The van der Waals surface area contributed by atoms with E-state index in [1.165, 1.54) is 5.56 Å². The Labute approximate surface area is 157 Å². The Hall–Kier alpha value is -3.15. The lowest BCUT2D eigenvalue weighted by atomic mass is 9.89. The number of phenols is 1. The van der Waals surface area contributed by atoms with Crippen molar-refractivity contribution in [2.75, 3.05) is 5.32 Å². The molecule has 4 rings (SSSR count). The van der Waals surface area contributed by atoms with E-state index in [1.807, 2.05) is 43.3 Å². The van der Waals surface area contributed by atoms with Crippen molar-refractivity contribution in [3.8, 4) is 17.2 Å². The molecule has 1 aromatic heterocycles. The molecule has 0 fully saturated rings. The molecule has 1 aliphatic rings. The molecule has 0 spiro atoms. The van der Waals surface area contributed by atoms with Crippen LogP contribution in [0, 0.1) is 6.92 Å². The third-order valence-corrected chi connectivity index (χ3v) is 4.86. The monoisotopic (exact) mass is 363 g/mol. The zero-order chi connectivity index (χ0) is 18.8. The molecule has 27 heavy (non-hydrogen) atoms. The van der Waals surface area contributed by atoms with Crippen LogP contribution in [0.3, 0.4) is 0 Å². The SMILES string of the molecule is Cc1ccc(NC(=O)Cc2noc(-c3ccc4c(c3O)CCCC4)n2)cc1. The van der Waals surface area contributed by atoms with Gasteiger partial charge in [0.05, 0.1) is 12.0 Å². The summed E-state index contributed by atoms with van der Waals surface area (Å²) >= 11 is 0. The number of phenolic OH excluding ortho intramolecular Hbond substituents is 1. The molecule has 0 bridgehead atoms. The van der Waals surface area contributed by atoms with Crippen LogP contribution in [-0.2, 0) is 24.1 Å². The predicted octanol–water partition coefficient (Wildman–Crippen LogP) is 3.81. The van der Waals surface area contributed by atoms with Gasteiger partial charge in [-0.15, -0.1) is 0 Å². The van der Waals surface area contributed by atoms with E-state index in [0.29, 0.717) is 5.56 Å². The first-order valence-corrected chi connectivity index (χ1v) is 9.13. The minimum absolute atomic E-state index is 0.00305. The van der Waals surface area contributed by atoms with Gasteiger partial charge in [0.1, 0.15) is 5.75 Å². The fourth-order valence-corrected chi connectivity index (χ4v) is 3.40. The van der Waals surface area contributed by atoms with Gasteiger partial charge in [0.2, 0.25) is 5.91 Å². The number of aromatic hydroxyl groups is 1. The average molecular weight is 363 g/mol. The molecule has 2 N–H and O–H groups in total. The second-order valence-corrected chi connectivity index (χ2v) is 6.91. The van der Waals surface area contributed by atoms with Gasteiger partial charge in [0, 0.05) is 5.69 Å². The van der Waals surface area contributed by atoms with E-state index >= 15 is 0 Å². The highest BCUT2D eigenvalue weighted by molar-refractivity contribution is 5.91. The van der Waals surface area contributed by atoms with Gasteiger partial charge in [-0.05, 0) is 61.9 Å². The van der Waals surface area contributed by atoms with Crippen molar-refractivity contribution in [3.05, 3.63) is 58.9 Å². The van der Waals surface area contributed by atoms with E-state index in [-0.39, 0.29) is 29.8 Å². The number of carbonyl (C=O) groups is 1. The minimum atomic E-state index is -0.221. The molecular formula is C21H21N3O3. The maximum atomic E-state index is 12.2. The molecular weight excluding hydrogens is 342 g/mol. The summed E-state index contributed by atoms with van der Waals surface area (Å²) in [7, 11) is 0. The minimum Gasteiger partial charge on any atom is -0.507 e. The van der Waals surface area contributed by atoms with Gasteiger partial charge >= 0.3 is 0 Å². The number of amides is 1. The average Bonchev–Trinajstić information content (AvgIpc) is 3.12. The molecule has 1 heterocycles. The largest absolute Gasteiger partial charge is 0.507 e. The number of nitrogens with one attached hydrogen (secondary N) is 1. The van der Waals surface area contributed by atoms with Crippen LogP contribution in [0.1, 0.15) is 35.4 Å². The molecule has 2 aromatic carbocycles. The Morgan fingerprint density at radius 2 is 1.93 bits per heavy atom. The maximum absolute atomic E-state index is 12.2. The third kappa shape index (κ3) is 3.69. The van der Waals surface area contributed by atoms with Crippen LogP contribution in [-0.4, -0.2) is 21.2 Å². The fraction of sp³-hybridized carbons (Fsp3) is 0.286. The van der Waals surface area contributed by atoms with Crippen molar-refractivity contribution < 1.29 is 14.4 Å². The van der Waals surface area contributed by atoms with Crippen LogP contribution in [0.15, 0.2) is 40.9 Å². The number of fused-ring (bicyclic) bond motifs is 1. The normalized spacial score (nSPS) is 13.2. The smallest absolute Gasteiger partial charge is 0.261 e. The highest BCUT2D eigenvalue weighted by atomic mass is 16.5. The number of hydrogen-bond donors (Lipinski definition) is 2. The molecule has 0 radical (unpaired) electrons. The molecule has 1 aliphatic carbocycles. The van der Waals surface area contributed by atoms with Crippen molar-refractivity contribution in [2.45, 2.75) is 39.0 Å². The van der Waals surface area contributed by atoms with Gasteiger partial charge in [-0.3, -0.25) is 4.79 Å². The molecule has 6 heteroatoms. The first-order valence-electron chi connectivity index (χ1n) is 9.13. The Morgan fingerprint density at radius 3 is 2.74 bits per heavy atom. The number of hydrogen-bond acceptors (Lipinski definition) is 5. The molecule has 0 saturated heterocycles. The number of carbonyl (C=O) groups excluding carboxylic acids is 1. The van der Waals surface area contributed by atoms with Crippen LogP contribution < -0.4 is 5.32 Å². The quantitative estimate of drug-likeness (QED) is 0.736. The lowest BCUT2D eigenvalue weighted by molar-refractivity contribution is -0.115. The lowest BCUT2D eigenvalue weighted by Gasteiger charge is -2.17. The summed E-state index contributed by atoms with van der Waals surface area (Å²) in [4.78, 5) is 16.5. The van der Waals surface area contributed by atoms with Crippen molar-refractivity contribution in [2.24, 2.45) is 0 Å². The second kappa shape index (κ2) is 7.23. The van der Waals surface area contributed by atoms with Crippen molar-refractivity contribution in [1.29, 1.82) is 0 Å².